The van der Waals surface area contributed by atoms with E-state index >= 15 is 0 Å². The lowest BCUT2D eigenvalue weighted by atomic mass is 10.0. The largest absolute Gasteiger partial charge is 0.322 e. The molecule has 0 aromatic heterocycles. The Morgan fingerprint density at radius 2 is 1.67 bits per heavy atom. The van der Waals surface area contributed by atoms with Gasteiger partial charge in [-0.05, 0) is 41.8 Å². The van der Waals surface area contributed by atoms with Crippen LogP contribution in [0.5, 0.6) is 0 Å². The molecule has 3 aromatic rings. The van der Waals surface area contributed by atoms with Crippen molar-refractivity contribution in [3.63, 3.8) is 0 Å². The van der Waals surface area contributed by atoms with Crippen molar-refractivity contribution >= 4 is 39.1 Å². The van der Waals surface area contributed by atoms with Gasteiger partial charge in [0.2, 0.25) is 0 Å². The molecule has 0 fully saturated rings. The van der Waals surface area contributed by atoms with Crippen molar-refractivity contribution in [3.8, 4) is 0 Å². The molecule has 0 unspecified atom stereocenters. The standard InChI is InChI=1S/C20H15BrClNO/c21-16-10-11-18(22)17(13-16)20(24)23-19-9-5-4-8-15(19)12-14-6-2-1-3-7-14/h1-11,13H,12H2,(H,23,24). The Kier molecular flexibility index (Phi) is 5.34. The molecular formula is C20H15BrClNO. The molecule has 0 aliphatic carbocycles. The minimum Gasteiger partial charge on any atom is -0.322 e. The van der Waals surface area contributed by atoms with E-state index in [1.54, 1.807) is 12.1 Å². The molecule has 0 saturated heterocycles. The molecule has 24 heavy (non-hydrogen) atoms. The molecule has 0 atom stereocenters. The second-order valence-corrected chi connectivity index (χ2v) is 6.72. The van der Waals surface area contributed by atoms with Crippen LogP contribution in [0.3, 0.4) is 0 Å². The molecule has 4 heteroatoms. The number of halogens is 2. The Balaban J connectivity index is 1.85. The van der Waals surface area contributed by atoms with Crippen LogP contribution in [0.25, 0.3) is 0 Å². The third-order valence-electron chi connectivity index (χ3n) is 3.68. The van der Waals surface area contributed by atoms with E-state index in [1.807, 2.05) is 48.5 Å². The summed E-state index contributed by atoms with van der Waals surface area (Å²) in [7, 11) is 0. The summed E-state index contributed by atoms with van der Waals surface area (Å²) in [5.41, 5.74) is 3.49. The SMILES string of the molecule is O=C(Nc1ccccc1Cc1ccccc1)c1cc(Br)ccc1Cl. The molecule has 2 nitrogen and oxygen atoms in total. The predicted octanol–water partition coefficient (Wildman–Crippen LogP) is 5.95. The van der Waals surface area contributed by atoms with Gasteiger partial charge in [-0.1, -0.05) is 76.1 Å². The van der Waals surface area contributed by atoms with E-state index < -0.39 is 0 Å². The molecule has 0 aliphatic rings. The number of carbonyl (C=O) groups excluding carboxylic acids is 1. The lowest BCUT2D eigenvalue weighted by Gasteiger charge is -2.12. The zero-order valence-corrected chi connectivity index (χ0v) is 15.1. The van der Waals surface area contributed by atoms with Crippen LogP contribution in [0.4, 0.5) is 5.69 Å². The van der Waals surface area contributed by atoms with Gasteiger partial charge in [0, 0.05) is 10.2 Å². The highest BCUT2D eigenvalue weighted by atomic mass is 79.9. The topological polar surface area (TPSA) is 29.1 Å². The summed E-state index contributed by atoms with van der Waals surface area (Å²) in [5, 5.41) is 3.40. The number of benzene rings is 3. The van der Waals surface area contributed by atoms with Crippen LogP contribution in [0.2, 0.25) is 5.02 Å². The minimum absolute atomic E-state index is 0.221. The predicted molar refractivity (Wildman–Crippen MR) is 103 cm³/mol. The first-order valence-corrected chi connectivity index (χ1v) is 8.69. The fraction of sp³-hybridized carbons (Fsp3) is 0.0500. The van der Waals surface area contributed by atoms with Crippen molar-refractivity contribution < 1.29 is 4.79 Å². The third kappa shape index (κ3) is 4.05. The van der Waals surface area contributed by atoms with Gasteiger partial charge in [-0.2, -0.15) is 0 Å². The van der Waals surface area contributed by atoms with Gasteiger partial charge in [-0.25, -0.2) is 0 Å². The smallest absolute Gasteiger partial charge is 0.257 e. The molecule has 0 spiro atoms. The van der Waals surface area contributed by atoms with Gasteiger partial charge >= 0.3 is 0 Å². The summed E-state index contributed by atoms with van der Waals surface area (Å²) in [6.07, 6.45) is 0.753. The van der Waals surface area contributed by atoms with Gasteiger partial charge in [0.15, 0.2) is 0 Å². The van der Waals surface area contributed by atoms with Crippen LogP contribution in [0.15, 0.2) is 77.3 Å². The van der Waals surface area contributed by atoms with Gasteiger partial charge in [0.05, 0.1) is 10.6 Å². The molecule has 0 saturated carbocycles. The summed E-state index contributed by atoms with van der Waals surface area (Å²) in [6.45, 7) is 0. The van der Waals surface area contributed by atoms with E-state index in [-0.39, 0.29) is 5.91 Å². The number of amides is 1. The van der Waals surface area contributed by atoms with Gasteiger partial charge in [0.25, 0.3) is 5.91 Å². The monoisotopic (exact) mass is 399 g/mol. The van der Waals surface area contributed by atoms with Gasteiger partial charge < -0.3 is 5.32 Å². The molecule has 1 N–H and O–H groups in total. The van der Waals surface area contributed by atoms with E-state index in [0.29, 0.717) is 10.6 Å². The van der Waals surface area contributed by atoms with Crippen LogP contribution in [0.1, 0.15) is 21.5 Å². The quantitative estimate of drug-likeness (QED) is 0.576. The Morgan fingerprint density at radius 1 is 0.958 bits per heavy atom. The fourth-order valence-electron chi connectivity index (χ4n) is 2.47. The van der Waals surface area contributed by atoms with Gasteiger partial charge in [-0.3, -0.25) is 4.79 Å². The van der Waals surface area contributed by atoms with E-state index in [0.717, 1.165) is 22.1 Å². The second kappa shape index (κ2) is 7.65. The number of para-hydroxylation sites is 1. The average Bonchev–Trinajstić information content (AvgIpc) is 2.59. The van der Waals surface area contributed by atoms with Crippen LogP contribution in [-0.2, 0) is 6.42 Å². The molecule has 0 bridgehead atoms. The van der Waals surface area contributed by atoms with Crippen molar-refractivity contribution in [2.45, 2.75) is 6.42 Å². The second-order valence-electron chi connectivity index (χ2n) is 5.40. The Hall–Kier alpha value is -2.10. The Labute approximate surface area is 154 Å². The van der Waals surface area contributed by atoms with E-state index in [1.165, 1.54) is 5.56 Å². The highest BCUT2D eigenvalue weighted by molar-refractivity contribution is 9.10. The third-order valence-corrected chi connectivity index (χ3v) is 4.50. The van der Waals surface area contributed by atoms with Gasteiger partial charge in [0.1, 0.15) is 0 Å². The lowest BCUT2D eigenvalue weighted by Crippen LogP contribution is -2.14. The number of hydrogen-bond donors (Lipinski definition) is 1. The van der Waals surface area contributed by atoms with Crippen molar-refractivity contribution in [2.75, 3.05) is 5.32 Å². The lowest BCUT2D eigenvalue weighted by molar-refractivity contribution is 0.102. The molecular weight excluding hydrogens is 386 g/mol. The van der Waals surface area contributed by atoms with Crippen LogP contribution < -0.4 is 5.32 Å². The zero-order chi connectivity index (χ0) is 16.9. The molecule has 0 radical (unpaired) electrons. The van der Waals surface area contributed by atoms with Crippen molar-refractivity contribution in [1.29, 1.82) is 0 Å². The first-order valence-electron chi connectivity index (χ1n) is 7.52. The number of anilines is 1. The number of rotatable bonds is 4. The Morgan fingerprint density at radius 3 is 2.46 bits per heavy atom. The highest BCUT2D eigenvalue weighted by Crippen LogP contribution is 2.24. The first kappa shape index (κ1) is 16.7. The zero-order valence-electron chi connectivity index (χ0n) is 12.8. The van der Waals surface area contributed by atoms with Crippen LogP contribution >= 0.6 is 27.5 Å². The summed E-state index contributed by atoms with van der Waals surface area (Å²) < 4.78 is 0.814. The van der Waals surface area contributed by atoms with E-state index in [4.69, 9.17) is 11.6 Å². The summed E-state index contributed by atoms with van der Waals surface area (Å²) in [5.74, 6) is -0.221. The molecule has 120 valence electrons. The number of carbonyl (C=O) groups is 1. The normalized spacial score (nSPS) is 10.4. The summed E-state index contributed by atoms with van der Waals surface area (Å²) >= 11 is 9.52. The highest BCUT2D eigenvalue weighted by Gasteiger charge is 2.13. The maximum atomic E-state index is 12.6. The summed E-state index contributed by atoms with van der Waals surface area (Å²) in [4.78, 5) is 12.6. The van der Waals surface area contributed by atoms with Crippen LogP contribution in [-0.4, -0.2) is 5.91 Å². The fourth-order valence-corrected chi connectivity index (χ4v) is 3.04. The van der Waals surface area contributed by atoms with E-state index in [2.05, 4.69) is 33.4 Å². The Bertz CT molecular complexity index is 865. The first-order chi connectivity index (χ1) is 11.6. The van der Waals surface area contributed by atoms with Crippen molar-refractivity contribution in [3.05, 3.63) is 99.0 Å². The molecule has 1 amide bonds. The number of nitrogens with one attached hydrogen (secondary N) is 1. The maximum Gasteiger partial charge on any atom is 0.257 e. The van der Waals surface area contributed by atoms with Crippen molar-refractivity contribution in [1.82, 2.24) is 0 Å². The minimum atomic E-state index is -0.221. The average molecular weight is 401 g/mol. The van der Waals surface area contributed by atoms with Gasteiger partial charge in [-0.15, -0.1) is 0 Å². The van der Waals surface area contributed by atoms with Crippen LogP contribution in [0, 0.1) is 0 Å². The molecule has 0 aliphatic heterocycles. The van der Waals surface area contributed by atoms with Crippen molar-refractivity contribution in [2.24, 2.45) is 0 Å². The molecule has 0 heterocycles. The molecule has 3 rings (SSSR count). The number of hydrogen-bond acceptors (Lipinski definition) is 1. The maximum absolute atomic E-state index is 12.6. The van der Waals surface area contributed by atoms with E-state index in [9.17, 15) is 4.79 Å². The summed E-state index contributed by atoms with van der Waals surface area (Å²) in [6, 6.07) is 23.2. The molecule has 3 aromatic carbocycles.